The topological polar surface area (TPSA) is 75.8 Å². The number of likely N-dealkylation sites (N-methyl/N-ethyl adjacent to an activating group) is 1. The van der Waals surface area contributed by atoms with Crippen LogP contribution in [-0.2, 0) is 9.53 Å². The van der Waals surface area contributed by atoms with Gasteiger partial charge in [0.15, 0.2) is 0 Å². The van der Waals surface area contributed by atoms with Gasteiger partial charge in [-0.15, -0.1) is 0 Å². The van der Waals surface area contributed by atoms with Crippen LogP contribution in [0.15, 0.2) is 0 Å². The molecule has 0 bridgehead atoms. The van der Waals surface area contributed by atoms with Crippen LogP contribution in [0.3, 0.4) is 0 Å². The normalized spacial score (nSPS) is 24.3. The number of amides is 1. The number of aliphatic hydroxyl groups is 1. The van der Waals surface area contributed by atoms with Crippen molar-refractivity contribution >= 4 is 23.1 Å². The summed E-state index contributed by atoms with van der Waals surface area (Å²) in [4.78, 5) is 14.1. The van der Waals surface area contributed by atoms with E-state index in [1.807, 2.05) is 0 Å². The summed E-state index contributed by atoms with van der Waals surface area (Å²) >= 11 is 4.97. The summed E-state index contributed by atoms with van der Waals surface area (Å²) < 4.78 is 5.22. The lowest BCUT2D eigenvalue weighted by atomic mass is 9.93. The number of hydrogen-bond donors (Lipinski definition) is 2. The molecule has 1 saturated carbocycles. The van der Waals surface area contributed by atoms with Crippen LogP contribution in [0.25, 0.3) is 0 Å². The molecule has 5 nitrogen and oxygen atoms in total. The minimum absolute atomic E-state index is 0.0603. The van der Waals surface area contributed by atoms with Crippen molar-refractivity contribution in [3.63, 3.8) is 0 Å². The quantitative estimate of drug-likeness (QED) is 0.707. The van der Waals surface area contributed by atoms with E-state index < -0.39 is 11.0 Å². The van der Waals surface area contributed by atoms with Crippen molar-refractivity contribution in [1.29, 1.82) is 0 Å². The number of carbonyl (C=O) groups is 1. The highest BCUT2D eigenvalue weighted by molar-refractivity contribution is 7.80. The number of thiocarbonyl (C=S) groups is 1. The van der Waals surface area contributed by atoms with Crippen molar-refractivity contribution in [3.8, 4) is 0 Å². The Morgan fingerprint density at radius 2 is 1.94 bits per heavy atom. The van der Waals surface area contributed by atoms with E-state index in [2.05, 4.69) is 0 Å². The van der Waals surface area contributed by atoms with Gasteiger partial charge in [0, 0.05) is 39.6 Å². The minimum atomic E-state index is -0.838. The van der Waals surface area contributed by atoms with E-state index in [1.54, 1.807) is 11.9 Å². The zero-order chi connectivity index (χ0) is 13.4. The molecule has 18 heavy (non-hydrogen) atoms. The molecule has 1 aliphatic heterocycles. The molecule has 0 unspecified atom stereocenters. The summed E-state index contributed by atoms with van der Waals surface area (Å²) in [6.45, 7) is 1.40. The highest BCUT2D eigenvalue weighted by Gasteiger charge is 2.54. The summed E-state index contributed by atoms with van der Waals surface area (Å²) in [7, 11) is 1.70. The second-order valence-corrected chi connectivity index (χ2v) is 5.88. The van der Waals surface area contributed by atoms with Gasteiger partial charge in [-0.2, -0.15) is 0 Å². The third-order valence-electron chi connectivity index (χ3n) is 3.93. The summed E-state index contributed by atoms with van der Waals surface area (Å²) in [6.07, 6.45) is 2.58. The predicted octanol–water partition coefficient (Wildman–Crippen LogP) is 0.0526. The molecule has 2 rings (SSSR count). The van der Waals surface area contributed by atoms with Crippen LogP contribution in [0.4, 0.5) is 0 Å². The van der Waals surface area contributed by atoms with Gasteiger partial charge < -0.3 is 20.5 Å². The Morgan fingerprint density at radius 3 is 2.39 bits per heavy atom. The minimum Gasteiger partial charge on any atom is -0.392 e. The molecule has 6 heteroatoms. The third kappa shape index (κ3) is 2.50. The summed E-state index contributed by atoms with van der Waals surface area (Å²) in [5.41, 5.74) is 4.17. The van der Waals surface area contributed by atoms with Gasteiger partial charge in [-0.3, -0.25) is 4.79 Å². The lowest BCUT2D eigenvalue weighted by Crippen LogP contribution is -2.50. The summed E-state index contributed by atoms with van der Waals surface area (Å²) in [5, 5.41) is 10.4. The Balaban J connectivity index is 1.97. The lowest BCUT2D eigenvalue weighted by molar-refractivity contribution is -0.139. The Morgan fingerprint density at radius 1 is 1.39 bits per heavy atom. The Kier molecular flexibility index (Phi) is 3.62. The lowest BCUT2D eigenvalue weighted by Gasteiger charge is -2.36. The molecule has 1 saturated heterocycles. The summed E-state index contributed by atoms with van der Waals surface area (Å²) in [6, 6.07) is 0. The standard InChI is InChI=1S/C12H20N2O3S/c1-14(8-11(16)4-6-17-7-5-11)10(15)12(2-3-12)9(13)18/h16H,2-8H2,1H3,(H2,13,18). The fourth-order valence-corrected chi connectivity index (χ4v) is 2.77. The maximum Gasteiger partial charge on any atom is 0.235 e. The zero-order valence-electron chi connectivity index (χ0n) is 10.6. The number of nitrogens with zero attached hydrogens (tertiary/aromatic N) is 1. The van der Waals surface area contributed by atoms with Crippen LogP contribution in [-0.4, -0.2) is 53.3 Å². The number of carbonyl (C=O) groups excluding carboxylic acids is 1. The van der Waals surface area contributed by atoms with Crippen molar-refractivity contribution in [1.82, 2.24) is 4.90 Å². The zero-order valence-corrected chi connectivity index (χ0v) is 11.5. The predicted molar refractivity (Wildman–Crippen MR) is 71.1 cm³/mol. The molecule has 102 valence electrons. The van der Waals surface area contributed by atoms with E-state index in [0.29, 0.717) is 32.6 Å². The average molecular weight is 272 g/mol. The van der Waals surface area contributed by atoms with Crippen LogP contribution in [0.5, 0.6) is 0 Å². The van der Waals surface area contributed by atoms with Gasteiger partial charge in [0.2, 0.25) is 5.91 Å². The molecule has 2 fully saturated rings. The van der Waals surface area contributed by atoms with E-state index in [-0.39, 0.29) is 10.9 Å². The fourth-order valence-electron chi connectivity index (χ4n) is 2.48. The van der Waals surface area contributed by atoms with Gasteiger partial charge in [-0.25, -0.2) is 0 Å². The first-order chi connectivity index (χ1) is 8.40. The van der Waals surface area contributed by atoms with E-state index in [4.69, 9.17) is 22.7 Å². The monoisotopic (exact) mass is 272 g/mol. The molecular formula is C12H20N2O3S. The first-order valence-corrected chi connectivity index (χ1v) is 6.66. The highest BCUT2D eigenvalue weighted by atomic mass is 32.1. The van der Waals surface area contributed by atoms with Crippen molar-refractivity contribution < 1.29 is 14.6 Å². The number of nitrogens with two attached hydrogens (primary N) is 1. The van der Waals surface area contributed by atoms with Gasteiger partial charge in [-0.05, 0) is 12.8 Å². The molecule has 0 radical (unpaired) electrons. The summed E-state index contributed by atoms with van der Waals surface area (Å²) in [5.74, 6) is -0.0603. The van der Waals surface area contributed by atoms with Gasteiger partial charge in [0.05, 0.1) is 16.0 Å². The molecule has 2 aliphatic rings. The Bertz CT molecular complexity index is 362. The third-order valence-corrected chi connectivity index (χ3v) is 4.32. The Hall–Kier alpha value is -0.720. The Labute approximate surface area is 112 Å². The van der Waals surface area contributed by atoms with E-state index >= 15 is 0 Å². The molecule has 1 amide bonds. The molecule has 1 aliphatic carbocycles. The molecule has 0 spiro atoms. The smallest absolute Gasteiger partial charge is 0.235 e. The van der Waals surface area contributed by atoms with Crippen molar-refractivity contribution in [3.05, 3.63) is 0 Å². The second-order valence-electron chi connectivity index (χ2n) is 5.44. The molecule has 3 N–H and O–H groups in total. The van der Waals surface area contributed by atoms with E-state index in [1.165, 1.54) is 0 Å². The van der Waals surface area contributed by atoms with Gasteiger partial charge in [-0.1, -0.05) is 12.2 Å². The van der Waals surface area contributed by atoms with Crippen LogP contribution in [0, 0.1) is 5.41 Å². The number of ether oxygens (including phenoxy) is 1. The average Bonchev–Trinajstić information content (AvgIpc) is 3.09. The van der Waals surface area contributed by atoms with Gasteiger partial charge in [0.25, 0.3) is 0 Å². The maximum atomic E-state index is 12.3. The van der Waals surface area contributed by atoms with Crippen LogP contribution in [0.2, 0.25) is 0 Å². The van der Waals surface area contributed by atoms with Gasteiger partial charge in [0.1, 0.15) is 0 Å². The van der Waals surface area contributed by atoms with Crippen molar-refractivity contribution in [2.45, 2.75) is 31.3 Å². The number of rotatable bonds is 4. The number of hydrogen-bond acceptors (Lipinski definition) is 4. The van der Waals surface area contributed by atoms with Gasteiger partial charge >= 0.3 is 0 Å². The molecule has 0 aromatic carbocycles. The van der Waals surface area contributed by atoms with E-state index in [0.717, 1.165) is 12.8 Å². The van der Waals surface area contributed by atoms with Crippen molar-refractivity contribution in [2.24, 2.45) is 11.1 Å². The maximum absolute atomic E-state index is 12.3. The highest BCUT2D eigenvalue weighted by Crippen LogP contribution is 2.47. The second kappa shape index (κ2) is 4.75. The van der Waals surface area contributed by atoms with Crippen LogP contribution >= 0.6 is 12.2 Å². The largest absolute Gasteiger partial charge is 0.392 e. The fraction of sp³-hybridized carbons (Fsp3) is 0.833. The molecule has 0 atom stereocenters. The van der Waals surface area contributed by atoms with Crippen LogP contribution in [0.1, 0.15) is 25.7 Å². The van der Waals surface area contributed by atoms with Crippen LogP contribution < -0.4 is 5.73 Å². The first-order valence-electron chi connectivity index (χ1n) is 6.25. The SMILES string of the molecule is CN(CC1(O)CCOCC1)C(=O)C1(C(N)=S)CC1. The molecular weight excluding hydrogens is 252 g/mol. The molecule has 0 aromatic heterocycles. The van der Waals surface area contributed by atoms with E-state index in [9.17, 15) is 9.90 Å². The molecule has 1 heterocycles. The first kappa shape index (κ1) is 13.7. The van der Waals surface area contributed by atoms with Crippen molar-refractivity contribution in [2.75, 3.05) is 26.8 Å². The molecule has 0 aromatic rings.